The van der Waals surface area contributed by atoms with Crippen molar-refractivity contribution in [2.75, 3.05) is 11.4 Å². The summed E-state index contributed by atoms with van der Waals surface area (Å²) in [5.74, 6) is 0. The maximum absolute atomic E-state index is 2.60. The third kappa shape index (κ3) is 2.53. The molecule has 0 atom stereocenters. The molecule has 1 saturated carbocycles. The van der Waals surface area contributed by atoms with Crippen LogP contribution in [0, 0.1) is 0 Å². The highest BCUT2D eigenvalue weighted by atomic mass is 15.2. The van der Waals surface area contributed by atoms with E-state index in [1.165, 1.54) is 44.3 Å². The lowest BCUT2D eigenvalue weighted by Gasteiger charge is -2.39. The van der Waals surface area contributed by atoms with Gasteiger partial charge in [-0.15, -0.1) is 0 Å². The molecule has 0 saturated heterocycles. The number of hydrogen-bond acceptors (Lipinski definition) is 1. The maximum atomic E-state index is 2.60. The average Bonchev–Trinajstić information content (AvgIpc) is 2.22. The number of rotatable bonds is 5. The van der Waals surface area contributed by atoms with E-state index >= 15 is 0 Å². The van der Waals surface area contributed by atoms with Crippen molar-refractivity contribution in [2.45, 2.75) is 45.1 Å². The van der Waals surface area contributed by atoms with Crippen molar-refractivity contribution in [3.05, 3.63) is 30.3 Å². The highest BCUT2D eigenvalue weighted by Gasteiger charge is 2.24. The Kier molecular flexibility index (Phi) is 3.65. The van der Waals surface area contributed by atoms with Gasteiger partial charge in [0.15, 0.2) is 0 Å². The lowest BCUT2D eigenvalue weighted by molar-refractivity contribution is 0.384. The molecule has 0 unspecified atom stereocenters. The summed E-state index contributed by atoms with van der Waals surface area (Å²) < 4.78 is 0. The summed E-state index contributed by atoms with van der Waals surface area (Å²) in [5.41, 5.74) is 1.41. The number of benzene rings is 1. The van der Waals surface area contributed by atoms with Crippen molar-refractivity contribution >= 4 is 5.69 Å². The van der Waals surface area contributed by atoms with Gasteiger partial charge in [-0.25, -0.2) is 0 Å². The number of nitrogens with zero attached hydrogens (tertiary/aromatic N) is 1. The van der Waals surface area contributed by atoms with Gasteiger partial charge in [-0.1, -0.05) is 31.5 Å². The fourth-order valence-electron chi connectivity index (χ4n) is 2.17. The smallest absolute Gasteiger partial charge is 0.0368 e. The van der Waals surface area contributed by atoms with Gasteiger partial charge in [0.1, 0.15) is 0 Å². The van der Waals surface area contributed by atoms with Crippen LogP contribution in [-0.4, -0.2) is 12.6 Å². The molecule has 0 spiro atoms. The summed E-state index contributed by atoms with van der Waals surface area (Å²) in [6.07, 6.45) is 6.79. The topological polar surface area (TPSA) is 3.24 Å². The SMILES string of the molecule is CCCCN(c1ccccc1)C1CCC1. The van der Waals surface area contributed by atoms with Gasteiger partial charge in [0.25, 0.3) is 0 Å². The zero-order chi connectivity index (χ0) is 10.5. The molecule has 0 aromatic heterocycles. The van der Waals surface area contributed by atoms with E-state index in [4.69, 9.17) is 0 Å². The summed E-state index contributed by atoms with van der Waals surface area (Å²) in [5, 5.41) is 0. The molecule has 1 nitrogen and oxygen atoms in total. The molecule has 0 aliphatic heterocycles. The van der Waals surface area contributed by atoms with Crippen molar-refractivity contribution < 1.29 is 0 Å². The Hall–Kier alpha value is -0.980. The molecule has 0 amide bonds. The Bertz CT molecular complexity index is 277. The average molecular weight is 203 g/mol. The molecule has 0 radical (unpaired) electrons. The first kappa shape index (κ1) is 10.5. The summed E-state index contributed by atoms with van der Waals surface area (Å²) >= 11 is 0. The third-order valence-corrected chi connectivity index (χ3v) is 3.36. The van der Waals surface area contributed by atoms with E-state index in [9.17, 15) is 0 Å². The Labute approximate surface area is 93.1 Å². The van der Waals surface area contributed by atoms with E-state index in [-0.39, 0.29) is 0 Å². The Morgan fingerprint density at radius 2 is 1.93 bits per heavy atom. The van der Waals surface area contributed by atoms with Crippen LogP contribution in [0.25, 0.3) is 0 Å². The van der Waals surface area contributed by atoms with Gasteiger partial charge in [0, 0.05) is 18.3 Å². The number of unbranched alkanes of at least 4 members (excludes halogenated alkanes) is 1. The van der Waals surface area contributed by atoms with Gasteiger partial charge in [-0.2, -0.15) is 0 Å². The maximum Gasteiger partial charge on any atom is 0.0368 e. The first-order chi connectivity index (χ1) is 7.42. The fraction of sp³-hybridized carbons (Fsp3) is 0.571. The van der Waals surface area contributed by atoms with E-state index in [0.717, 1.165) is 6.04 Å². The van der Waals surface area contributed by atoms with Crippen molar-refractivity contribution in [2.24, 2.45) is 0 Å². The normalized spacial score (nSPS) is 16.1. The Morgan fingerprint density at radius 1 is 1.20 bits per heavy atom. The minimum atomic E-state index is 0.818. The Balaban J connectivity index is 2.04. The van der Waals surface area contributed by atoms with Crippen LogP contribution in [0.2, 0.25) is 0 Å². The molecule has 1 aromatic rings. The molecule has 1 fully saturated rings. The zero-order valence-electron chi connectivity index (χ0n) is 9.65. The lowest BCUT2D eigenvalue weighted by Crippen LogP contribution is -2.40. The van der Waals surface area contributed by atoms with Crippen LogP contribution in [-0.2, 0) is 0 Å². The van der Waals surface area contributed by atoms with Gasteiger partial charge in [0.2, 0.25) is 0 Å². The minimum absolute atomic E-state index is 0.818. The molecule has 15 heavy (non-hydrogen) atoms. The van der Waals surface area contributed by atoms with Gasteiger partial charge >= 0.3 is 0 Å². The van der Waals surface area contributed by atoms with E-state index in [1.807, 2.05) is 0 Å². The quantitative estimate of drug-likeness (QED) is 0.702. The van der Waals surface area contributed by atoms with Crippen LogP contribution in [0.3, 0.4) is 0 Å². The second kappa shape index (κ2) is 5.20. The van der Waals surface area contributed by atoms with Crippen molar-refractivity contribution in [3.8, 4) is 0 Å². The molecular weight excluding hydrogens is 182 g/mol. The van der Waals surface area contributed by atoms with Crippen molar-refractivity contribution in [1.82, 2.24) is 0 Å². The fourth-order valence-corrected chi connectivity index (χ4v) is 2.17. The number of para-hydroxylation sites is 1. The minimum Gasteiger partial charge on any atom is -0.369 e. The monoisotopic (exact) mass is 203 g/mol. The number of anilines is 1. The molecule has 1 aromatic carbocycles. The predicted molar refractivity (Wildman–Crippen MR) is 66.3 cm³/mol. The molecule has 0 bridgehead atoms. The van der Waals surface area contributed by atoms with E-state index in [0.29, 0.717) is 0 Å². The largest absolute Gasteiger partial charge is 0.369 e. The predicted octanol–water partition coefficient (Wildman–Crippen LogP) is 3.85. The molecule has 82 valence electrons. The van der Waals surface area contributed by atoms with Gasteiger partial charge in [0.05, 0.1) is 0 Å². The summed E-state index contributed by atoms with van der Waals surface area (Å²) in [6, 6.07) is 11.7. The molecule has 1 heteroatoms. The van der Waals surface area contributed by atoms with Crippen LogP contribution < -0.4 is 4.90 Å². The summed E-state index contributed by atoms with van der Waals surface area (Å²) in [7, 11) is 0. The molecular formula is C14H21N. The van der Waals surface area contributed by atoms with Crippen LogP contribution in [0.4, 0.5) is 5.69 Å². The van der Waals surface area contributed by atoms with Crippen molar-refractivity contribution in [3.63, 3.8) is 0 Å². The summed E-state index contributed by atoms with van der Waals surface area (Å²) in [4.78, 5) is 2.60. The Morgan fingerprint density at radius 3 is 2.47 bits per heavy atom. The zero-order valence-corrected chi connectivity index (χ0v) is 9.65. The second-order valence-electron chi connectivity index (χ2n) is 4.47. The molecule has 0 N–H and O–H groups in total. The standard InChI is InChI=1S/C14H21N/c1-2-3-12-15(14-10-7-11-14)13-8-5-4-6-9-13/h4-6,8-9,14H,2-3,7,10-12H2,1H3. The summed E-state index contributed by atoms with van der Waals surface area (Å²) in [6.45, 7) is 3.50. The first-order valence-electron chi connectivity index (χ1n) is 6.23. The molecule has 0 heterocycles. The third-order valence-electron chi connectivity index (χ3n) is 3.36. The molecule has 1 aliphatic carbocycles. The van der Waals surface area contributed by atoms with Crippen LogP contribution in [0.15, 0.2) is 30.3 Å². The van der Waals surface area contributed by atoms with Crippen LogP contribution >= 0.6 is 0 Å². The van der Waals surface area contributed by atoms with E-state index in [2.05, 4.69) is 42.2 Å². The van der Waals surface area contributed by atoms with Gasteiger partial charge in [-0.3, -0.25) is 0 Å². The van der Waals surface area contributed by atoms with E-state index < -0.39 is 0 Å². The van der Waals surface area contributed by atoms with Crippen LogP contribution in [0.1, 0.15) is 39.0 Å². The first-order valence-corrected chi connectivity index (χ1v) is 6.23. The van der Waals surface area contributed by atoms with Gasteiger partial charge in [-0.05, 0) is 37.8 Å². The van der Waals surface area contributed by atoms with Crippen LogP contribution in [0.5, 0.6) is 0 Å². The number of hydrogen-bond donors (Lipinski definition) is 0. The van der Waals surface area contributed by atoms with Crippen molar-refractivity contribution in [1.29, 1.82) is 0 Å². The highest BCUT2D eigenvalue weighted by molar-refractivity contribution is 5.47. The van der Waals surface area contributed by atoms with Gasteiger partial charge < -0.3 is 4.90 Å². The molecule has 1 aliphatic rings. The lowest BCUT2D eigenvalue weighted by atomic mass is 9.91. The van der Waals surface area contributed by atoms with E-state index in [1.54, 1.807) is 0 Å². The molecule has 2 rings (SSSR count). The highest BCUT2D eigenvalue weighted by Crippen LogP contribution is 2.29. The second-order valence-corrected chi connectivity index (χ2v) is 4.47.